The van der Waals surface area contributed by atoms with Gasteiger partial charge in [0.15, 0.2) is 0 Å². The molecule has 2 aromatic carbocycles. The van der Waals surface area contributed by atoms with Crippen molar-refractivity contribution in [3.05, 3.63) is 64.7 Å². The Hall–Kier alpha value is -2.04. The Kier molecular flexibility index (Phi) is 6.64. The molecule has 128 valence electrons. The lowest BCUT2D eigenvalue weighted by molar-refractivity contribution is -0.140. The summed E-state index contributed by atoms with van der Waals surface area (Å²) in [7, 11) is 0. The van der Waals surface area contributed by atoms with Crippen LogP contribution in [0.2, 0.25) is 5.02 Å². The Labute approximate surface area is 147 Å². The number of nitrogens with one attached hydrogen (secondary N) is 1. The van der Waals surface area contributed by atoms with Crippen LogP contribution < -0.4 is 10.1 Å². The van der Waals surface area contributed by atoms with Crippen molar-refractivity contribution in [3.63, 3.8) is 0 Å². The van der Waals surface area contributed by atoms with Gasteiger partial charge in [-0.1, -0.05) is 61.8 Å². The van der Waals surface area contributed by atoms with Crippen LogP contribution in [0.4, 0.5) is 0 Å². The van der Waals surface area contributed by atoms with Crippen LogP contribution >= 0.6 is 11.6 Å². The van der Waals surface area contributed by atoms with E-state index >= 15 is 0 Å². The quantitative estimate of drug-likeness (QED) is 0.754. The SMILES string of the molecule is CC(C)C(NCc1ccccc1OCc1ccccc1Cl)C(=O)O. The van der Waals surface area contributed by atoms with Crippen molar-refractivity contribution >= 4 is 17.6 Å². The molecule has 0 heterocycles. The number of carboxylic acid groups (broad SMARTS) is 1. The van der Waals surface area contributed by atoms with Crippen LogP contribution in [0.5, 0.6) is 5.75 Å². The smallest absolute Gasteiger partial charge is 0.320 e. The van der Waals surface area contributed by atoms with Gasteiger partial charge in [-0.15, -0.1) is 0 Å². The highest BCUT2D eigenvalue weighted by Crippen LogP contribution is 2.22. The molecule has 5 heteroatoms. The molecule has 0 saturated carbocycles. The van der Waals surface area contributed by atoms with Gasteiger partial charge < -0.3 is 9.84 Å². The van der Waals surface area contributed by atoms with E-state index in [2.05, 4.69) is 5.32 Å². The molecular formula is C19H22ClNO3. The number of carbonyl (C=O) groups is 1. The fourth-order valence-corrected chi connectivity index (χ4v) is 2.58. The molecule has 0 amide bonds. The Morgan fingerprint density at radius 1 is 1.12 bits per heavy atom. The zero-order valence-corrected chi connectivity index (χ0v) is 14.6. The summed E-state index contributed by atoms with van der Waals surface area (Å²) < 4.78 is 5.89. The minimum absolute atomic E-state index is 0.00120. The number of benzene rings is 2. The molecule has 2 rings (SSSR count). The molecule has 1 unspecified atom stereocenters. The molecule has 0 radical (unpaired) electrons. The summed E-state index contributed by atoms with van der Waals surface area (Å²) >= 11 is 6.15. The fourth-order valence-electron chi connectivity index (χ4n) is 2.39. The topological polar surface area (TPSA) is 58.6 Å². The molecule has 1 atom stereocenters. The first-order chi connectivity index (χ1) is 11.5. The van der Waals surface area contributed by atoms with E-state index < -0.39 is 12.0 Å². The highest BCUT2D eigenvalue weighted by atomic mass is 35.5. The molecule has 0 bridgehead atoms. The van der Waals surface area contributed by atoms with Crippen LogP contribution in [0.1, 0.15) is 25.0 Å². The molecular weight excluding hydrogens is 326 g/mol. The summed E-state index contributed by atoms with van der Waals surface area (Å²) in [6.07, 6.45) is 0. The number of para-hydroxylation sites is 1. The van der Waals surface area contributed by atoms with Gasteiger partial charge in [-0.25, -0.2) is 0 Å². The van der Waals surface area contributed by atoms with E-state index in [1.807, 2.05) is 62.4 Å². The second kappa shape index (κ2) is 8.71. The van der Waals surface area contributed by atoms with Crippen LogP contribution in [0.3, 0.4) is 0 Å². The fraction of sp³-hybridized carbons (Fsp3) is 0.316. The van der Waals surface area contributed by atoms with E-state index in [-0.39, 0.29) is 5.92 Å². The lowest BCUT2D eigenvalue weighted by atomic mass is 10.0. The molecule has 24 heavy (non-hydrogen) atoms. The van der Waals surface area contributed by atoms with Gasteiger partial charge in [-0.05, 0) is 18.1 Å². The first kappa shape index (κ1) is 18.3. The highest BCUT2D eigenvalue weighted by molar-refractivity contribution is 6.31. The molecule has 0 aromatic heterocycles. The molecule has 0 fully saturated rings. The first-order valence-corrected chi connectivity index (χ1v) is 8.27. The number of hydrogen-bond donors (Lipinski definition) is 2. The van der Waals surface area contributed by atoms with Crippen molar-refractivity contribution in [2.45, 2.75) is 33.0 Å². The van der Waals surface area contributed by atoms with Gasteiger partial charge in [0, 0.05) is 22.7 Å². The van der Waals surface area contributed by atoms with Crippen molar-refractivity contribution in [2.24, 2.45) is 5.92 Å². The van der Waals surface area contributed by atoms with Gasteiger partial charge in [0.1, 0.15) is 18.4 Å². The van der Waals surface area contributed by atoms with Crippen LogP contribution in [0.25, 0.3) is 0 Å². The number of ether oxygens (including phenoxy) is 1. The van der Waals surface area contributed by atoms with E-state index in [1.165, 1.54) is 0 Å². The Morgan fingerprint density at radius 3 is 2.38 bits per heavy atom. The van der Waals surface area contributed by atoms with Crippen LogP contribution in [0.15, 0.2) is 48.5 Å². The summed E-state index contributed by atoms with van der Waals surface area (Å²) in [6, 6.07) is 14.5. The van der Waals surface area contributed by atoms with Gasteiger partial charge in [0.25, 0.3) is 0 Å². The number of halogens is 1. The van der Waals surface area contributed by atoms with Crippen LogP contribution in [0, 0.1) is 5.92 Å². The average molecular weight is 348 g/mol. The molecule has 2 N–H and O–H groups in total. The normalized spacial score (nSPS) is 12.2. The molecule has 0 saturated heterocycles. The van der Waals surface area contributed by atoms with Crippen LogP contribution in [-0.4, -0.2) is 17.1 Å². The molecule has 0 aliphatic heterocycles. The molecule has 0 aliphatic rings. The number of hydrogen-bond acceptors (Lipinski definition) is 3. The zero-order valence-electron chi connectivity index (χ0n) is 13.8. The van der Waals surface area contributed by atoms with E-state index in [0.29, 0.717) is 18.2 Å². The van der Waals surface area contributed by atoms with E-state index in [4.69, 9.17) is 16.3 Å². The highest BCUT2D eigenvalue weighted by Gasteiger charge is 2.20. The van der Waals surface area contributed by atoms with Gasteiger partial charge in [0.2, 0.25) is 0 Å². The molecule has 4 nitrogen and oxygen atoms in total. The Bertz CT molecular complexity index is 688. The number of rotatable bonds is 8. The average Bonchev–Trinajstić information content (AvgIpc) is 2.54. The van der Waals surface area contributed by atoms with Gasteiger partial charge in [0.05, 0.1) is 0 Å². The minimum Gasteiger partial charge on any atom is -0.489 e. The molecule has 0 aliphatic carbocycles. The van der Waals surface area contributed by atoms with Crippen LogP contribution in [-0.2, 0) is 17.9 Å². The maximum atomic E-state index is 11.3. The maximum Gasteiger partial charge on any atom is 0.320 e. The Balaban J connectivity index is 2.04. The van der Waals surface area contributed by atoms with Crippen molar-refractivity contribution in [1.29, 1.82) is 0 Å². The third-order valence-corrected chi connectivity index (χ3v) is 4.13. The predicted octanol–water partition coefficient (Wildman–Crippen LogP) is 4.12. The number of aliphatic carboxylic acids is 1. The summed E-state index contributed by atoms with van der Waals surface area (Å²) in [4.78, 5) is 11.3. The van der Waals surface area contributed by atoms with E-state index in [0.717, 1.165) is 16.9 Å². The number of carboxylic acids is 1. The first-order valence-electron chi connectivity index (χ1n) is 7.89. The standard InChI is InChI=1S/C19H22ClNO3/c1-13(2)18(19(22)23)21-11-14-7-4-6-10-17(14)24-12-15-8-3-5-9-16(15)20/h3-10,13,18,21H,11-12H2,1-2H3,(H,22,23). The summed E-state index contributed by atoms with van der Waals surface area (Å²) in [5.41, 5.74) is 1.82. The lowest BCUT2D eigenvalue weighted by Gasteiger charge is -2.19. The van der Waals surface area contributed by atoms with Gasteiger partial charge in [-0.2, -0.15) is 0 Å². The van der Waals surface area contributed by atoms with E-state index in [1.54, 1.807) is 0 Å². The predicted molar refractivity (Wildman–Crippen MR) is 95.3 cm³/mol. The Morgan fingerprint density at radius 2 is 1.75 bits per heavy atom. The minimum atomic E-state index is -0.848. The van der Waals surface area contributed by atoms with Crippen molar-refractivity contribution in [3.8, 4) is 5.75 Å². The third kappa shape index (κ3) is 4.98. The summed E-state index contributed by atoms with van der Waals surface area (Å²) in [6.45, 7) is 4.55. The summed E-state index contributed by atoms with van der Waals surface area (Å²) in [5, 5.41) is 13.0. The van der Waals surface area contributed by atoms with Gasteiger partial charge >= 0.3 is 5.97 Å². The second-order valence-electron chi connectivity index (χ2n) is 5.93. The van der Waals surface area contributed by atoms with Crippen molar-refractivity contribution in [1.82, 2.24) is 5.32 Å². The molecule has 0 spiro atoms. The second-order valence-corrected chi connectivity index (χ2v) is 6.34. The van der Waals surface area contributed by atoms with Gasteiger partial charge in [-0.3, -0.25) is 10.1 Å². The molecule has 2 aromatic rings. The third-order valence-electron chi connectivity index (χ3n) is 3.76. The van der Waals surface area contributed by atoms with Crippen molar-refractivity contribution in [2.75, 3.05) is 0 Å². The zero-order chi connectivity index (χ0) is 17.5. The van der Waals surface area contributed by atoms with E-state index in [9.17, 15) is 9.90 Å². The maximum absolute atomic E-state index is 11.3. The lowest BCUT2D eigenvalue weighted by Crippen LogP contribution is -2.40. The largest absolute Gasteiger partial charge is 0.489 e. The monoisotopic (exact) mass is 347 g/mol. The van der Waals surface area contributed by atoms with Crippen molar-refractivity contribution < 1.29 is 14.6 Å². The summed E-state index contributed by atoms with van der Waals surface area (Å²) in [5.74, 6) is -0.129.